The third-order valence-corrected chi connectivity index (χ3v) is 4.72. The summed E-state index contributed by atoms with van der Waals surface area (Å²) in [4.78, 5) is 15.7. The number of fused-ring (bicyclic) bond motifs is 1. The summed E-state index contributed by atoms with van der Waals surface area (Å²) < 4.78 is 1.15. The lowest BCUT2D eigenvalue weighted by Gasteiger charge is -2.05. The van der Waals surface area contributed by atoms with E-state index in [0.717, 1.165) is 34.6 Å². The van der Waals surface area contributed by atoms with E-state index < -0.39 is 0 Å². The Hall–Kier alpha value is -1.17. The van der Waals surface area contributed by atoms with Gasteiger partial charge in [0.2, 0.25) is 5.91 Å². The number of halogens is 1. The summed E-state index contributed by atoms with van der Waals surface area (Å²) in [6.07, 6.45) is 1.68. The van der Waals surface area contributed by atoms with Gasteiger partial charge >= 0.3 is 0 Å². The van der Waals surface area contributed by atoms with Crippen molar-refractivity contribution in [1.29, 1.82) is 0 Å². The Balaban J connectivity index is 1.73. The maximum absolute atomic E-state index is 11.1. The maximum atomic E-state index is 11.1. The van der Waals surface area contributed by atoms with Gasteiger partial charge in [0.05, 0.1) is 21.3 Å². The molecule has 1 aliphatic heterocycles. The Morgan fingerprint density at radius 3 is 3.16 bits per heavy atom. The SMILES string of the molecule is NC(=O)C1CC(Cc2nc3cc(Cl)ccc3s2)CN1. The second-order valence-corrected chi connectivity index (χ2v) is 6.44. The minimum Gasteiger partial charge on any atom is -0.368 e. The van der Waals surface area contributed by atoms with Crippen molar-refractivity contribution in [2.45, 2.75) is 18.9 Å². The number of nitrogens with zero attached hydrogens (tertiary/aromatic N) is 1. The number of rotatable bonds is 3. The van der Waals surface area contributed by atoms with Crippen molar-refractivity contribution in [3.63, 3.8) is 0 Å². The first-order chi connectivity index (χ1) is 9.11. The molecule has 100 valence electrons. The van der Waals surface area contributed by atoms with E-state index in [2.05, 4.69) is 10.3 Å². The Morgan fingerprint density at radius 1 is 1.58 bits per heavy atom. The summed E-state index contributed by atoms with van der Waals surface area (Å²) in [5.74, 6) is 0.159. The average molecular weight is 296 g/mol. The lowest BCUT2D eigenvalue weighted by atomic mass is 10.0. The van der Waals surface area contributed by atoms with Crippen LogP contribution in [0.4, 0.5) is 0 Å². The van der Waals surface area contributed by atoms with E-state index >= 15 is 0 Å². The molecule has 1 aliphatic rings. The van der Waals surface area contributed by atoms with Gasteiger partial charge in [0, 0.05) is 11.4 Å². The Bertz CT molecular complexity index is 627. The van der Waals surface area contributed by atoms with Crippen molar-refractivity contribution in [1.82, 2.24) is 10.3 Å². The number of hydrogen-bond donors (Lipinski definition) is 2. The third-order valence-electron chi connectivity index (χ3n) is 3.42. The highest BCUT2D eigenvalue weighted by Gasteiger charge is 2.28. The molecule has 3 rings (SSSR count). The van der Waals surface area contributed by atoms with Crippen LogP contribution in [0.15, 0.2) is 18.2 Å². The number of primary amides is 1. The van der Waals surface area contributed by atoms with Gasteiger partial charge in [-0.25, -0.2) is 4.98 Å². The summed E-state index contributed by atoms with van der Waals surface area (Å²) in [6, 6.07) is 5.58. The quantitative estimate of drug-likeness (QED) is 0.909. The van der Waals surface area contributed by atoms with E-state index in [1.165, 1.54) is 0 Å². The fourth-order valence-corrected chi connectivity index (χ4v) is 3.69. The molecule has 3 N–H and O–H groups in total. The predicted molar refractivity (Wildman–Crippen MR) is 77.4 cm³/mol. The monoisotopic (exact) mass is 295 g/mol. The fraction of sp³-hybridized carbons (Fsp3) is 0.385. The zero-order valence-corrected chi connectivity index (χ0v) is 11.8. The second kappa shape index (κ2) is 5.07. The Morgan fingerprint density at radius 2 is 2.42 bits per heavy atom. The van der Waals surface area contributed by atoms with Gasteiger partial charge in [-0.1, -0.05) is 11.6 Å². The van der Waals surface area contributed by atoms with Gasteiger partial charge in [-0.15, -0.1) is 11.3 Å². The van der Waals surface area contributed by atoms with Crippen molar-refractivity contribution in [2.24, 2.45) is 11.7 Å². The van der Waals surface area contributed by atoms with E-state index in [0.29, 0.717) is 10.9 Å². The smallest absolute Gasteiger partial charge is 0.234 e. The van der Waals surface area contributed by atoms with Crippen LogP contribution < -0.4 is 11.1 Å². The number of carbonyl (C=O) groups is 1. The first-order valence-electron chi connectivity index (χ1n) is 6.19. The molecule has 2 unspecified atom stereocenters. The van der Waals surface area contributed by atoms with Crippen LogP contribution in [0, 0.1) is 5.92 Å². The van der Waals surface area contributed by atoms with Crippen LogP contribution in [-0.4, -0.2) is 23.5 Å². The molecule has 2 atom stereocenters. The van der Waals surface area contributed by atoms with E-state index in [-0.39, 0.29) is 11.9 Å². The Kier molecular flexibility index (Phi) is 3.43. The minimum absolute atomic E-state index is 0.186. The molecule has 1 saturated heterocycles. The number of nitrogens with one attached hydrogen (secondary N) is 1. The van der Waals surface area contributed by atoms with E-state index in [1.54, 1.807) is 11.3 Å². The largest absolute Gasteiger partial charge is 0.368 e. The molecular weight excluding hydrogens is 282 g/mol. The maximum Gasteiger partial charge on any atom is 0.234 e. The molecular formula is C13H14ClN3OS. The van der Waals surface area contributed by atoms with Gasteiger partial charge in [0.25, 0.3) is 0 Å². The molecule has 2 aromatic rings. The number of benzene rings is 1. The molecule has 1 aromatic heterocycles. The predicted octanol–water partition coefficient (Wildman–Crippen LogP) is 1.96. The molecule has 0 radical (unpaired) electrons. The van der Waals surface area contributed by atoms with E-state index in [9.17, 15) is 4.79 Å². The number of thiazole rings is 1. The summed E-state index contributed by atoms with van der Waals surface area (Å²) in [6.45, 7) is 0.824. The lowest BCUT2D eigenvalue weighted by Crippen LogP contribution is -2.36. The Labute approximate surface area is 120 Å². The lowest BCUT2D eigenvalue weighted by molar-refractivity contribution is -0.119. The number of carbonyl (C=O) groups excluding carboxylic acids is 1. The van der Waals surface area contributed by atoms with E-state index in [1.807, 2.05) is 18.2 Å². The topological polar surface area (TPSA) is 68.0 Å². The highest BCUT2D eigenvalue weighted by atomic mass is 35.5. The van der Waals surface area contributed by atoms with E-state index in [4.69, 9.17) is 17.3 Å². The van der Waals surface area contributed by atoms with Gasteiger partial charge in [-0.05, 0) is 37.1 Å². The van der Waals surface area contributed by atoms with Crippen LogP contribution in [0.1, 0.15) is 11.4 Å². The minimum atomic E-state index is -0.265. The zero-order chi connectivity index (χ0) is 13.4. The van der Waals surface area contributed by atoms with Crippen molar-refractivity contribution in [3.8, 4) is 0 Å². The van der Waals surface area contributed by atoms with Gasteiger partial charge in [-0.3, -0.25) is 4.79 Å². The molecule has 6 heteroatoms. The summed E-state index contributed by atoms with van der Waals surface area (Å²) in [7, 11) is 0. The van der Waals surface area contributed by atoms with Crippen LogP contribution >= 0.6 is 22.9 Å². The second-order valence-electron chi connectivity index (χ2n) is 4.89. The number of nitrogens with two attached hydrogens (primary N) is 1. The molecule has 1 amide bonds. The zero-order valence-electron chi connectivity index (χ0n) is 10.2. The van der Waals surface area contributed by atoms with Crippen LogP contribution in [0.5, 0.6) is 0 Å². The molecule has 19 heavy (non-hydrogen) atoms. The summed E-state index contributed by atoms with van der Waals surface area (Å²) in [5.41, 5.74) is 6.25. The molecule has 1 aromatic carbocycles. The van der Waals surface area contributed by atoms with Crippen molar-refractivity contribution in [3.05, 3.63) is 28.2 Å². The number of aromatic nitrogens is 1. The number of hydrogen-bond acceptors (Lipinski definition) is 4. The van der Waals surface area contributed by atoms with Crippen LogP contribution in [0.25, 0.3) is 10.2 Å². The normalized spacial score (nSPS) is 23.0. The molecule has 0 bridgehead atoms. The van der Waals surface area contributed by atoms with Gasteiger partial charge in [0.1, 0.15) is 0 Å². The van der Waals surface area contributed by atoms with Crippen LogP contribution in [0.2, 0.25) is 5.02 Å². The van der Waals surface area contributed by atoms with Gasteiger partial charge in [-0.2, -0.15) is 0 Å². The molecule has 0 spiro atoms. The molecule has 4 nitrogen and oxygen atoms in total. The van der Waals surface area contributed by atoms with Crippen LogP contribution in [-0.2, 0) is 11.2 Å². The van der Waals surface area contributed by atoms with Gasteiger partial charge in [0.15, 0.2) is 0 Å². The third kappa shape index (κ3) is 2.73. The highest BCUT2D eigenvalue weighted by Crippen LogP contribution is 2.28. The average Bonchev–Trinajstić information content (AvgIpc) is 2.95. The van der Waals surface area contributed by atoms with Crippen molar-refractivity contribution < 1.29 is 4.79 Å². The fourth-order valence-electron chi connectivity index (χ4n) is 2.46. The first-order valence-corrected chi connectivity index (χ1v) is 7.39. The molecule has 1 fully saturated rings. The highest BCUT2D eigenvalue weighted by molar-refractivity contribution is 7.18. The standard InChI is InChI=1S/C13H14ClN3OS/c14-8-1-2-11-9(5-8)17-12(19-11)4-7-3-10(13(15)18)16-6-7/h1-2,5,7,10,16H,3-4,6H2,(H2,15,18). The molecule has 0 saturated carbocycles. The van der Waals surface area contributed by atoms with Crippen molar-refractivity contribution >= 4 is 39.1 Å². The molecule has 2 heterocycles. The first kappa shape index (κ1) is 12.8. The summed E-state index contributed by atoms with van der Waals surface area (Å²) >= 11 is 7.64. The van der Waals surface area contributed by atoms with Crippen LogP contribution in [0.3, 0.4) is 0 Å². The number of amides is 1. The summed E-state index contributed by atoms with van der Waals surface area (Å²) in [5, 5.41) is 4.95. The molecule has 0 aliphatic carbocycles. The van der Waals surface area contributed by atoms with Gasteiger partial charge < -0.3 is 11.1 Å². The van der Waals surface area contributed by atoms with Crippen molar-refractivity contribution in [2.75, 3.05) is 6.54 Å².